The van der Waals surface area contributed by atoms with Gasteiger partial charge in [0.25, 0.3) is 0 Å². The van der Waals surface area contributed by atoms with Crippen LogP contribution in [0.3, 0.4) is 0 Å². The molecule has 0 aliphatic rings. The zero-order valence-corrected chi connectivity index (χ0v) is 16.2. The number of carboxylic acids is 1. The second-order valence-corrected chi connectivity index (χ2v) is 6.81. The van der Waals surface area contributed by atoms with Gasteiger partial charge in [0, 0.05) is 0 Å². The molecule has 0 saturated carbocycles. The number of esters is 3. The minimum atomic E-state index is -1.14. The van der Waals surface area contributed by atoms with E-state index in [1.807, 2.05) is 0 Å². The van der Waals surface area contributed by atoms with E-state index < -0.39 is 48.7 Å². The lowest BCUT2D eigenvalue weighted by Crippen LogP contribution is -2.43. The Morgan fingerprint density at radius 1 is 0.815 bits per heavy atom. The van der Waals surface area contributed by atoms with Gasteiger partial charge in [-0.05, 0) is 11.8 Å². The van der Waals surface area contributed by atoms with E-state index in [4.69, 9.17) is 30.8 Å². The number of ether oxygens (including phenoxy) is 3. The largest absolute Gasteiger partial charge is 0.481 e. The third-order valence-corrected chi connectivity index (χ3v) is 3.65. The molecule has 0 aliphatic carbocycles. The van der Waals surface area contributed by atoms with Crippen LogP contribution in [0.1, 0.15) is 40.5 Å². The van der Waals surface area contributed by atoms with Gasteiger partial charge in [-0.25, -0.2) is 0 Å². The number of hydrogen-bond donors (Lipinski definition) is 3. The smallest absolute Gasteiger partial charge is 0.323 e. The number of rotatable bonds is 12. The summed E-state index contributed by atoms with van der Waals surface area (Å²) in [6.07, 6.45) is -1.81. The van der Waals surface area contributed by atoms with Crippen LogP contribution in [0.5, 0.6) is 0 Å². The molecule has 0 heterocycles. The predicted octanol–water partition coefficient (Wildman–Crippen LogP) is -0.184. The minimum Gasteiger partial charge on any atom is -0.481 e. The Hall–Kier alpha value is -2.20. The van der Waals surface area contributed by atoms with Gasteiger partial charge in [-0.1, -0.05) is 27.7 Å². The molecule has 0 rings (SSSR count). The zero-order chi connectivity index (χ0) is 21.1. The minimum absolute atomic E-state index is 0.151. The summed E-state index contributed by atoms with van der Waals surface area (Å²) in [4.78, 5) is 45.9. The number of nitrogens with two attached hydrogens (primary N) is 2. The molecule has 0 bridgehead atoms. The Morgan fingerprint density at radius 3 is 1.78 bits per heavy atom. The SMILES string of the molecule is CC(C)[C@H](N)C(=O)OCC(COC(=O)CCC(=O)O)OC(=O)[C@@H](N)C(C)C. The summed E-state index contributed by atoms with van der Waals surface area (Å²) in [5.41, 5.74) is 11.4. The molecule has 0 fully saturated rings. The maximum atomic E-state index is 12.0. The van der Waals surface area contributed by atoms with E-state index in [1.165, 1.54) is 0 Å². The van der Waals surface area contributed by atoms with Gasteiger partial charge in [0.05, 0.1) is 12.8 Å². The van der Waals surface area contributed by atoms with Gasteiger partial charge in [-0.15, -0.1) is 0 Å². The first-order valence-electron chi connectivity index (χ1n) is 8.71. The number of carbonyl (C=O) groups excluding carboxylic acids is 3. The first-order chi connectivity index (χ1) is 12.5. The highest BCUT2D eigenvalue weighted by Crippen LogP contribution is 2.07. The van der Waals surface area contributed by atoms with Crippen LogP contribution in [0.25, 0.3) is 0 Å². The molecule has 0 aromatic carbocycles. The van der Waals surface area contributed by atoms with Gasteiger partial charge in [-0.2, -0.15) is 0 Å². The van der Waals surface area contributed by atoms with Crippen molar-refractivity contribution in [1.29, 1.82) is 0 Å². The van der Waals surface area contributed by atoms with Crippen molar-refractivity contribution in [3.05, 3.63) is 0 Å². The predicted molar refractivity (Wildman–Crippen MR) is 94.3 cm³/mol. The van der Waals surface area contributed by atoms with E-state index in [0.29, 0.717) is 0 Å². The molecule has 5 N–H and O–H groups in total. The molecule has 0 spiro atoms. The van der Waals surface area contributed by atoms with Crippen molar-refractivity contribution in [2.45, 2.75) is 58.7 Å². The first kappa shape index (κ1) is 24.8. The molecule has 10 heteroatoms. The van der Waals surface area contributed by atoms with Gasteiger partial charge < -0.3 is 30.8 Å². The van der Waals surface area contributed by atoms with Crippen molar-refractivity contribution in [1.82, 2.24) is 0 Å². The van der Waals surface area contributed by atoms with Gasteiger partial charge >= 0.3 is 23.9 Å². The molecule has 27 heavy (non-hydrogen) atoms. The fraction of sp³-hybridized carbons (Fsp3) is 0.765. The molecule has 0 saturated heterocycles. The summed E-state index contributed by atoms with van der Waals surface area (Å²) in [5, 5.41) is 8.55. The summed E-state index contributed by atoms with van der Waals surface area (Å²) in [7, 11) is 0. The Bertz CT molecular complexity index is 521. The molecule has 10 nitrogen and oxygen atoms in total. The summed E-state index contributed by atoms with van der Waals surface area (Å²) in [6, 6.07) is -1.75. The molecular formula is C17H30N2O8. The molecule has 0 aromatic heterocycles. The van der Waals surface area contributed by atoms with Gasteiger partial charge in [-0.3, -0.25) is 19.2 Å². The van der Waals surface area contributed by atoms with Gasteiger partial charge in [0.2, 0.25) is 0 Å². The number of carboxylic acid groups (broad SMARTS) is 1. The van der Waals surface area contributed by atoms with E-state index in [0.717, 1.165) is 0 Å². The van der Waals surface area contributed by atoms with Crippen LogP contribution in [-0.4, -0.2) is 60.4 Å². The Labute approximate surface area is 158 Å². The van der Waals surface area contributed by atoms with Crippen molar-refractivity contribution in [2.24, 2.45) is 23.3 Å². The zero-order valence-electron chi connectivity index (χ0n) is 16.2. The topological polar surface area (TPSA) is 168 Å². The van der Waals surface area contributed by atoms with E-state index in [1.54, 1.807) is 27.7 Å². The normalized spacial score (nSPS) is 14.4. The molecular weight excluding hydrogens is 360 g/mol. The molecule has 0 amide bonds. The first-order valence-corrected chi connectivity index (χ1v) is 8.71. The second kappa shape index (κ2) is 12.2. The number of hydrogen-bond acceptors (Lipinski definition) is 9. The van der Waals surface area contributed by atoms with Crippen molar-refractivity contribution >= 4 is 23.9 Å². The Morgan fingerprint density at radius 2 is 1.30 bits per heavy atom. The number of aliphatic carboxylic acids is 1. The van der Waals surface area contributed by atoms with Gasteiger partial charge in [0.1, 0.15) is 25.3 Å². The van der Waals surface area contributed by atoms with Crippen LogP contribution in [0.2, 0.25) is 0 Å². The van der Waals surface area contributed by atoms with Crippen LogP contribution >= 0.6 is 0 Å². The molecule has 0 radical (unpaired) electrons. The van der Waals surface area contributed by atoms with Crippen LogP contribution in [0.4, 0.5) is 0 Å². The average molecular weight is 390 g/mol. The molecule has 0 aliphatic heterocycles. The lowest BCUT2D eigenvalue weighted by molar-refractivity contribution is -0.169. The summed E-state index contributed by atoms with van der Waals surface area (Å²) >= 11 is 0. The average Bonchev–Trinajstić information content (AvgIpc) is 2.59. The summed E-state index contributed by atoms with van der Waals surface area (Å²) < 4.78 is 15.1. The van der Waals surface area contributed by atoms with Crippen molar-refractivity contribution in [2.75, 3.05) is 13.2 Å². The van der Waals surface area contributed by atoms with E-state index in [9.17, 15) is 19.2 Å². The second-order valence-electron chi connectivity index (χ2n) is 6.81. The van der Waals surface area contributed by atoms with Crippen molar-refractivity contribution in [3.8, 4) is 0 Å². The van der Waals surface area contributed by atoms with Crippen molar-refractivity contribution in [3.63, 3.8) is 0 Å². The van der Waals surface area contributed by atoms with Gasteiger partial charge in [0.15, 0.2) is 6.10 Å². The Kier molecular flexibility index (Phi) is 11.2. The van der Waals surface area contributed by atoms with Crippen LogP contribution < -0.4 is 11.5 Å². The molecule has 3 atom stereocenters. The van der Waals surface area contributed by atoms with E-state index in [-0.39, 0.29) is 31.3 Å². The Balaban J connectivity index is 4.79. The molecule has 156 valence electrons. The van der Waals surface area contributed by atoms with Crippen LogP contribution in [0.15, 0.2) is 0 Å². The highest BCUT2D eigenvalue weighted by molar-refractivity contribution is 5.77. The van der Waals surface area contributed by atoms with Crippen LogP contribution in [-0.2, 0) is 33.4 Å². The third-order valence-electron chi connectivity index (χ3n) is 3.65. The lowest BCUT2D eigenvalue weighted by Gasteiger charge is -2.22. The third kappa shape index (κ3) is 10.5. The summed E-state index contributed by atoms with van der Waals surface area (Å²) in [6.45, 7) is 6.18. The quantitative estimate of drug-likeness (QED) is 0.300. The highest BCUT2D eigenvalue weighted by atomic mass is 16.6. The number of carbonyl (C=O) groups is 4. The molecule has 0 aromatic rings. The standard InChI is InChI=1S/C17H30N2O8/c1-9(2)14(18)16(23)26-8-11(27-17(24)15(19)10(3)4)7-25-13(22)6-5-12(20)21/h9-11,14-15H,5-8,18-19H2,1-4H3,(H,20,21)/t11?,14-,15-/m0/s1. The highest BCUT2D eigenvalue weighted by Gasteiger charge is 2.26. The maximum Gasteiger partial charge on any atom is 0.323 e. The van der Waals surface area contributed by atoms with E-state index in [2.05, 4.69) is 0 Å². The van der Waals surface area contributed by atoms with Crippen LogP contribution in [0, 0.1) is 11.8 Å². The summed E-state index contributed by atoms with van der Waals surface area (Å²) in [5.74, 6) is -3.68. The van der Waals surface area contributed by atoms with E-state index >= 15 is 0 Å². The fourth-order valence-electron chi connectivity index (χ4n) is 1.64. The lowest BCUT2D eigenvalue weighted by atomic mass is 10.1. The molecule has 1 unspecified atom stereocenters. The maximum absolute atomic E-state index is 12.0. The monoisotopic (exact) mass is 390 g/mol. The fourth-order valence-corrected chi connectivity index (χ4v) is 1.64. The van der Waals surface area contributed by atoms with Crippen molar-refractivity contribution < 1.29 is 38.5 Å².